The van der Waals surface area contributed by atoms with Crippen LogP contribution in [0.25, 0.3) is 0 Å². The number of benzene rings is 1. The van der Waals surface area contributed by atoms with Crippen molar-refractivity contribution in [2.24, 2.45) is 5.92 Å². The molecular formula is C15H22N2O3S. The van der Waals surface area contributed by atoms with E-state index in [-0.39, 0.29) is 11.7 Å². The molecule has 0 N–H and O–H groups in total. The predicted molar refractivity (Wildman–Crippen MR) is 82.9 cm³/mol. The largest absolute Gasteiger partial charge is 0.371 e. The topological polar surface area (TPSA) is 57.7 Å². The molecule has 0 unspecified atom stereocenters. The van der Waals surface area contributed by atoms with Crippen molar-refractivity contribution in [1.29, 1.82) is 0 Å². The molecule has 1 heterocycles. The zero-order valence-corrected chi connectivity index (χ0v) is 13.6. The van der Waals surface area contributed by atoms with Gasteiger partial charge in [-0.15, -0.1) is 0 Å². The van der Waals surface area contributed by atoms with E-state index < -0.39 is 10.0 Å². The molecule has 2 rings (SSSR count). The summed E-state index contributed by atoms with van der Waals surface area (Å²) in [6, 6.07) is 6.96. The second kappa shape index (κ2) is 6.15. The molecule has 0 atom stereocenters. The van der Waals surface area contributed by atoms with Gasteiger partial charge in [0.05, 0.1) is 4.90 Å². The second-order valence-corrected chi connectivity index (χ2v) is 7.81. The average Bonchev–Trinajstić information content (AvgIpc) is 2.47. The Morgan fingerprint density at radius 1 is 1.14 bits per heavy atom. The first kappa shape index (κ1) is 16.0. The number of carbonyl (C=O) groups is 1. The molecule has 0 aliphatic carbocycles. The Balaban J connectivity index is 2.09. The standard InChI is InChI=1S/C15H22N2O3S/c1-12(18)13-8-10-17(11-9-13)14-4-6-15(7-5-14)21(19,20)16(2)3/h4-7,13H,8-11H2,1-3H3. The van der Waals surface area contributed by atoms with E-state index in [1.807, 2.05) is 12.1 Å². The highest BCUT2D eigenvalue weighted by molar-refractivity contribution is 7.89. The van der Waals surface area contributed by atoms with Crippen LogP contribution in [-0.2, 0) is 14.8 Å². The molecule has 1 fully saturated rings. The number of Topliss-reactive ketones (excluding diaryl/α,β-unsaturated/α-hetero) is 1. The zero-order chi connectivity index (χ0) is 15.6. The molecule has 0 bridgehead atoms. The summed E-state index contributed by atoms with van der Waals surface area (Å²) in [4.78, 5) is 13.9. The van der Waals surface area contributed by atoms with Gasteiger partial charge in [0.2, 0.25) is 10.0 Å². The molecule has 6 heteroatoms. The van der Waals surface area contributed by atoms with Gasteiger partial charge in [-0.1, -0.05) is 0 Å². The molecule has 1 aliphatic rings. The first-order chi connectivity index (χ1) is 9.82. The Labute approximate surface area is 126 Å². The fourth-order valence-corrected chi connectivity index (χ4v) is 3.49. The lowest BCUT2D eigenvalue weighted by molar-refractivity contribution is -0.121. The van der Waals surface area contributed by atoms with Crippen molar-refractivity contribution in [3.05, 3.63) is 24.3 Å². The number of piperidine rings is 1. The summed E-state index contributed by atoms with van der Waals surface area (Å²) in [6.45, 7) is 3.33. The first-order valence-corrected chi connectivity index (χ1v) is 8.54. The van der Waals surface area contributed by atoms with Gasteiger partial charge in [-0.05, 0) is 44.0 Å². The Morgan fingerprint density at radius 2 is 1.67 bits per heavy atom. The second-order valence-electron chi connectivity index (χ2n) is 5.65. The van der Waals surface area contributed by atoms with Crippen LogP contribution in [0.15, 0.2) is 29.2 Å². The Bertz CT molecular complexity index is 600. The first-order valence-electron chi connectivity index (χ1n) is 7.10. The lowest BCUT2D eigenvalue weighted by Gasteiger charge is -2.32. The summed E-state index contributed by atoms with van der Waals surface area (Å²) in [6.07, 6.45) is 1.74. The minimum absolute atomic E-state index is 0.176. The zero-order valence-electron chi connectivity index (χ0n) is 12.7. The van der Waals surface area contributed by atoms with Crippen molar-refractivity contribution >= 4 is 21.5 Å². The molecule has 0 saturated carbocycles. The van der Waals surface area contributed by atoms with E-state index in [0.717, 1.165) is 31.6 Å². The molecule has 0 amide bonds. The highest BCUT2D eigenvalue weighted by Gasteiger charge is 2.23. The van der Waals surface area contributed by atoms with Crippen LogP contribution < -0.4 is 4.90 Å². The van der Waals surface area contributed by atoms with Crippen LogP contribution in [0, 0.1) is 5.92 Å². The molecule has 0 radical (unpaired) electrons. The summed E-state index contributed by atoms with van der Waals surface area (Å²) in [5.74, 6) is 0.441. The smallest absolute Gasteiger partial charge is 0.242 e. The summed E-state index contributed by atoms with van der Waals surface area (Å²) < 4.78 is 25.2. The molecule has 0 spiro atoms. The van der Waals surface area contributed by atoms with Gasteiger partial charge in [0.25, 0.3) is 0 Å². The van der Waals surface area contributed by atoms with Crippen molar-refractivity contribution < 1.29 is 13.2 Å². The summed E-state index contributed by atoms with van der Waals surface area (Å²) in [5.41, 5.74) is 1.01. The molecule has 0 aromatic heterocycles. The Hall–Kier alpha value is -1.40. The Kier molecular flexibility index (Phi) is 4.68. The van der Waals surface area contributed by atoms with Crippen molar-refractivity contribution in [3.8, 4) is 0 Å². The molecule has 5 nitrogen and oxygen atoms in total. The van der Waals surface area contributed by atoms with Crippen molar-refractivity contribution in [2.45, 2.75) is 24.7 Å². The van der Waals surface area contributed by atoms with E-state index in [9.17, 15) is 13.2 Å². The fourth-order valence-electron chi connectivity index (χ4n) is 2.58. The van der Waals surface area contributed by atoms with Gasteiger partial charge in [-0.2, -0.15) is 0 Å². The van der Waals surface area contributed by atoms with E-state index in [2.05, 4.69) is 4.90 Å². The maximum Gasteiger partial charge on any atom is 0.242 e. The minimum Gasteiger partial charge on any atom is -0.371 e. The summed E-state index contributed by atoms with van der Waals surface area (Å²) in [7, 11) is -0.327. The SMILES string of the molecule is CC(=O)C1CCN(c2ccc(S(=O)(=O)N(C)C)cc2)CC1. The normalized spacial score (nSPS) is 17.2. The van der Waals surface area contributed by atoms with E-state index in [0.29, 0.717) is 4.90 Å². The number of ketones is 1. The minimum atomic E-state index is -3.37. The third-order valence-corrected chi connectivity index (χ3v) is 5.88. The number of rotatable bonds is 4. The van der Waals surface area contributed by atoms with E-state index in [1.165, 1.54) is 18.4 Å². The third-order valence-electron chi connectivity index (χ3n) is 4.05. The molecule has 1 saturated heterocycles. The van der Waals surface area contributed by atoms with Crippen LogP contribution in [-0.4, -0.2) is 45.7 Å². The van der Waals surface area contributed by atoms with E-state index in [1.54, 1.807) is 19.1 Å². The number of nitrogens with zero attached hydrogens (tertiary/aromatic N) is 2. The molecule has 1 aromatic rings. The van der Waals surface area contributed by atoms with Crippen LogP contribution in [0.3, 0.4) is 0 Å². The highest BCUT2D eigenvalue weighted by atomic mass is 32.2. The molecular weight excluding hydrogens is 288 g/mol. The maximum atomic E-state index is 12.0. The van der Waals surface area contributed by atoms with Crippen LogP contribution in [0.5, 0.6) is 0 Å². The predicted octanol–water partition coefficient (Wildman–Crippen LogP) is 1.74. The lowest BCUT2D eigenvalue weighted by Crippen LogP contribution is -2.35. The third kappa shape index (κ3) is 3.44. The van der Waals surface area contributed by atoms with Gasteiger partial charge in [0, 0.05) is 38.8 Å². The van der Waals surface area contributed by atoms with Crippen LogP contribution in [0.4, 0.5) is 5.69 Å². The van der Waals surface area contributed by atoms with E-state index >= 15 is 0 Å². The van der Waals surface area contributed by atoms with Gasteiger partial charge in [-0.3, -0.25) is 4.79 Å². The number of carbonyl (C=O) groups excluding carboxylic acids is 1. The van der Waals surface area contributed by atoms with Crippen LogP contribution >= 0.6 is 0 Å². The van der Waals surface area contributed by atoms with Gasteiger partial charge in [0.15, 0.2) is 0 Å². The molecule has 21 heavy (non-hydrogen) atoms. The number of sulfonamides is 1. The molecule has 116 valence electrons. The molecule has 1 aliphatic heterocycles. The quantitative estimate of drug-likeness (QED) is 0.850. The van der Waals surface area contributed by atoms with Gasteiger partial charge >= 0.3 is 0 Å². The van der Waals surface area contributed by atoms with Crippen LogP contribution in [0.1, 0.15) is 19.8 Å². The van der Waals surface area contributed by atoms with E-state index in [4.69, 9.17) is 0 Å². The summed E-state index contributed by atoms with van der Waals surface area (Å²) in [5, 5.41) is 0. The lowest BCUT2D eigenvalue weighted by atomic mass is 9.93. The van der Waals surface area contributed by atoms with Crippen LogP contribution in [0.2, 0.25) is 0 Å². The highest BCUT2D eigenvalue weighted by Crippen LogP contribution is 2.25. The maximum absolute atomic E-state index is 12.0. The Morgan fingerprint density at radius 3 is 2.10 bits per heavy atom. The number of hydrogen-bond acceptors (Lipinski definition) is 4. The van der Waals surface area contributed by atoms with Crippen molar-refractivity contribution in [2.75, 3.05) is 32.1 Å². The van der Waals surface area contributed by atoms with Crippen molar-refractivity contribution in [3.63, 3.8) is 0 Å². The molecule has 1 aromatic carbocycles. The van der Waals surface area contributed by atoms with Gasteiger partial charge in [0.1, 0.15) is 5.78 Å². The summed E-state index contributed by atoms with van der Waals surface area (Å²) >= 11 is 0. The van der Waals surface area contributed by atoms with Crippen molar-refractivity contribution in [1.82, 2.24) is 4.31 Å². The average molecular weight is 310 g/mol. The fraction of sp³-hybridized carbons (Fsp3) is 0.533. The van der Waals surface area contributed by atoms with Gasteiger partial charge < -0.3 is 4.90 Å². The number of anilines is 1. The van der Waals surface area contributed by atoms with Gasteiger partial charge in [-0.25, -0.2) is 12.7 Å². The number of hydrogen-bond donors (Lipinski definition) is 0. The monoisotopic (exact) mass is 310 g/mol.